The van der Waals surface area contributed by atoms with Gasteiger partial charge in [0.1, 0.15) is 5.82 Å². The molecule has 2 saturated heterocycles. The number of hydrogen-bond donors (Lipinski definition) is 1. The van der Waals surface area contributed by atoms with Crippen molar-refractivity contribution in [1.82, 2.24) is 25.0 Å². The normalized spacial score (nSPS) is 24.0. The van der Waals surface area contributed by atoms with Crippen LogP contribution in [0.15, 0.2) is 29.4 Å². The summed E-state index contributed by atoms with van der Waals surface area (Å²) in [5, 5.41) is 12.2. The quantitative estimate of drug-likeness (QED) is 0.590. The molecule has 0 radical (unpaired) electrons. The SMILES string of the molecule is CC(c1nnc(SCC(=O)NC2(C)CCS(=O)(=O)C2)n1-c1ccc(F)cc1)N1CCCCC1. The number of aromatic nitrogens is 3. The van der Waals surface area contributed by atoms with Gasteiger partial charge in [-0.05, 0) is 70.5 Å². The molecule has 0 aliphatic carbocycles. The summed E-state index contributed by atoms with van der Waals surface area (Å²) in [6.07, 6.45) is 3.93. The predicted molar refractivity (Wildman–Crippen MR) is 126 cm³/mol. The molecular formula is C22H30FN5O3S2. The van der Waals surface area contributed by atoms with Crippen LogP contribution in [-0.4, -0.2) is 69.9 Å². The molecule has 1 N–H and O–H groups in total. The summed E-state index contributed by atoms with van der Waals surface area (Å²) >= 11 is 1.24. The zero-order valence-electron chi connectivity index (χ0n) is 19.0. The molecular weight excluding hydrogens is 465 g/mol. The molecule has 1 aromatic carbocycles. The Bertz CT molecular complexity index is 1100. The van der Waals surface area contributed by atoms with E-state index >= 15 is 0 Å². The fourth-order valence-electron chi connectivity index (χ4n) is 4.56. The molecule has 2 aromatic rings. The van der Waals surface area contributed by atoms with E-state index in [0.717, 1.165) is 37.4 Å². The number of carbonyl (C=O) groups excluding carboxylic acids is 1. The molecule has 1 amide bonds. The van der Waals surface area contributed by atoms with Gasteiger partial charge in [0.05, 0.1) is 28.8 Å². The van der Waals surface area contributed by atoms with E-state index in [4.69, 9.17) is 0 Å². The van der Waals surface area contributed by atoms with E-state index in [1.54, 1.807) is 19.1 Å². The number of nitrogens with zero attached hydrogens (tertiary/aromatic N) is 4. The zero-order valence-corrected chi connectivity index (χ0v) is 20.6. The molecule has 3 heterocycles. The lowest BCUT2D eigenvalue weighted by molar-refractivity contribution is -0.120. The monoisotopic (exact) mass is 495 g/mol. The Labute approximate surface area is 198 Å². The minimum atomic E-state index is -3.11. The van der Waals surface area contributed by atoms with Gasteiger partial charge in [-0.1, -0.05) is 18.2 Å². The molecule has 2 unspecified atom stereocenters. The van der Waals surface area contributed by atoms with Gasteiger partial charge in [0.15, 0.2) is 20.8 Å². The van der Waals surface area contributed by atoms with Crippen LogP contribution in [0.3, 0.4) is 0 Å². The molecule has 0 bridgehead atoms. The van der Waals surface area contributed by atoms with E-state index in [1.807, 2.05) is 4.57 Å². The van der Waals surface area contributed by atoms with Gasteiger partial charge in [0.25, 0.3) is 0 Å². The second-order valence-corrected chi connectivity index (χ2v) is 12.3. The van der Waals surface area contributed by atoms with Crippen LogP contribution < -0.4 is 5.32 Å². The van der Waals surface area contributed by atoms with Gasteiger partial charge in [-0.15, -0.1) is 10.2 Å². The maximum atomic E-state index is 13.6. The van der Waals surface area contributed by atoms with Crippen molar-refractivity contribution in [1.29, 1.82) is 0 Å². The predicted octanol–water partition coefficient (Wildman–Crippen LogP) is 2.74. The van der Waals surface area contributed by atoms with Crippen molar-refractivity contribution in [3.63, 3.8) is 0 Å². The molecule has 2 atom stereocenters. The Morgan fingerprint density at radius 1 is 1.21 bits per heavy atom. The first-order valence-electron chi connectivity index (χ1n) is 11.3. The summed E-state index contributed by atoms with van der Waals surface area (Å²) in [6, 6.07) is 6.17. The van der Waals surface area contributed by atoms with E-state index in [9.17, 15) is 17.6 Å². The van der Waals surface area contributed by atoms with Crippen LogP contribution in [0.5, 0.6) is 0 Å². The van der Waals surface area contributed by atoms with Crippen LogP contribution in [-0.2, 0) is 14.6 Å². The van der Waals surface area contributed by atoms with E-state index < -0.39 is 15.4 Å². The highest BCUT2D eigenvalue weighted by Crippen LogP contribution is 2.30. The summed E-state index contributed by atoms with van der Waals surface area (Å²) in [5.74, 6) is 0.297. The minimum absolute atomic E-state index is 0.0219. The van der Waals surface area contributed by atoms with Gasteiger partial charge in [-0.25, -0.2) is 12.8 Å². The molecule has 0 spiro atoms. The zero-order chi connectivity index (χ0) is 23.6. The van der Waals surface area contributed by atoms with Crippen LogP contribution in [0.1, 0.15) is 51.4 Å². The fraction of sp³-hybridized carbons (Fsp3) is 0.591. The minimum Gasteiger partial charge on any atom is -0.349 e. The van der Waals surface area contributed by atoms with Gasteiger partial charge in [-0.3, -0.25) is 14.3 Å². The average Bonchev–Trinajstić information content (AvgIpc) is 3.32. The number of likely N-dealkylation sites (tertiary alicyclic amines) is 1. The highest BCUT2D eigenvalue weighted by Gasteiger charge is 2.39. The number of sulfone groups is 1. The number of rotatable bonds is 7. The van der Waals surface area contributed by atoms with Crippen LogP contribution >= 0.6 is 11.8 Å². The lowest BCUT2D eigenvalue weighted by atomic mass is 10.0. The molecule has 4 rings (SSSR count). The molecule has 2 fully saturated rings. The summed E-state index contributed by atoms with van der Waals surface area (Å²) in [6.45, 7) is 5.84. The molecule has 2 aliphatic rings. The van der Waals surface area contributed by atoms with Crippen molar-refractivity contribution in [3.8, 4) is 5.69 Å². The third-order valence-corrected chi connectivity index (χ3v) is 9.16. The third kappa shape index (κ3) is 5.75. The Morgan fingerprint density at radius 3 is 2.55 bits per heavy atom. The van der Waals surface area contributed by atoms with Gasteiger partial charge in [0, 0.05) is 5.69 Å². The summed E-state index contributed by atoms with van der Waals surface area (Å²) in [5.41, 5.74) is -0.00768. The first-order chi connectivity index (χ1) is 15.7. The van der Waals surface area contributed by atoms with Crippen molar-refractivity contribution in [2.45, 2.75) is 56.3 Å². The Hall–Kier alpha value is -1.98. The van der Waals surface area contributed by atoms with Gasteiger partial charge < -0.3 is 5.32 Å². The second kappa shape index (κ2) is 9.71. The smallest absolute Gasteiger partial charge is 0.230 e. The van der Waals surface area contributed by atoms with Crippen LogP contribution in [0.2, 0.25) is 0 Å². The number of benzene rings is 1. The van der Waals surface area contributed by atoms with Gasteiger partial charge in [0.2, 0.25) is 5.91 Å². The first-order valence-corrected chi connectivity index (χ1v) is 14.1. The molecule has 0 saturated carbocycles. The van der Waals surface area contributed by atoms with Crippen molar-refractivity contribution < 1.29 is 17.6 Å². The Morgan fingerprint density at radius 2 is 1.91 bits per heavy atom. The van der Waals surface area contributed by atoms with Crippen LogP contribution in [0, 0.1) is 5.82 Å². The number of carbonyl (C=O) groups is 1. The van der Waals surface area contributed by atoms with Crippen molar-refractivity contribution in [2.24, 2.45) is 0 Å². The van der Waals surface area contributed by atoms with Crippen LogP contribution in [0.25, 0.3) is 5.69 Å². The Kier molecular flexibility index (Phi) is 7.11. The number of thioether (sulfide) groups is 1. The molecule has 33 heavy (non-hydrogen) atoms. The lowest BCUT2D eigenvalue weighted by Gasteiger charge is -2.31. The van der Waals surface area contributed by atoms with E-state index in [2.05, 4.69) is 27.3 Å². The molecule has 180 valence electrons. The van der Waals surface area contributed by atoms with E-state index in [1.165, 1.54) is 30.3 Å². The van der Waals surface area contributed by atoms with E-state index in [-0.39, 0.29) is 35.0 Å². The maximum Gasteiger partial charge on any atom is 0.230 e. The second-order valence-electron chi connectivity index (χ2n) is 9.16. The van der Waals surface area contributed by atoms with Crippen LogP contribution in [0.4, 0.5) is 4.39 Å². The summed E-state index contributed by atoms with van der Waals surface area (Å²) in [7, 11) is -3.11. The first kappa shape index (κ1) is 24.2. The number of nitrogens with one attached hydrogen (secondary N) is 1. The Balaban J connectivity index is 1.53. The summed E-state index contributed by atoms with van der Waals surface area (Å²) < 4.78 is 39.1. The summed E-state index contributed by atoms with van der Waals surface area (Å²) in [4.78, 5) is 15.0. The van der Waals surface area contributed by atoms with Gasteiger partial charge in [-0.2, -0.15) is 0 Å². The highest BCUT2D eigenvalue weighted by atomic mass is 32.2. The largest absolute Gasteiger partial charge is 0.349 e. The molecule has 11 heteroatoms. The van der Waals surface area contributed by atoms with Crippen molar-refractivity contribution in [3.05, 3.63) is 35.9 Å². The molecule has 1 aromatic heterocycles. The van der Waals surface area contributed by atoms with Crippen molar-refractivity contribution >= 4 is 27.5 Å². The van der Waals surface area contributed by atoms with E-state index in [0.29, 0.717) is 11.6 Å². The topological polar surface area (TPSA) is 97.2 Å². The number of amides is 1. The lowest BCUT2D eigenvalue weighted by Crippen LogP contribution is -2.47. The number of piperidine rings is 1. The standard InChI is InChI=1S/C22H30FN5O3S2/c1-16(27-11-4-3-5-12-27)20-25-26-21(28(20)18-8-6-17(23)7-9-18)32-14-19(29)24-22(2)10-13-33(30,31)15-22/h6-9,16H,3-5,10-15H2,1-2H3,(H,24,29). The third-order valence-electron chi connectivity index (χ3n) is 6.33. The average molecular weight is 496 g/mol. The highest BCUT2D eigenvalue weighted by molar-refractivity contribution is 7.99. The van der Waals surface area contributed by atoms with Crippen molar-refractivity contribution in [2.75, 3.05) is 30.3 Å². The molecule has 8 nitrogen and oxygen atoms in total. The number of hydrogen-bond acceptors (Lipinski definition) is 7. The van der Waals surface area contributed by atoms with Gasteiger partial charge >= 0.3 is 0 Å². The fourth-order valence-corrected chi connectivity index (χ4v) is 7.41. The molecule has 2 aliphatic heterocycles. The maximum absolute atomic E-state index is 13.6. The number of halogens is 1.